The molecule has 1 unspecified atom stereocenters. The van der Waals surface area contributed by atoms with Crippen molar-refractivity contribution >= 4 is 12.0 Å². The monoisotopic (exact) mass is 320 g/mol. The highest BCUT2D eigenvalue weighted by molar-refractivity contribution is 5.86. The number of carbonyl (C=O) groups excluding carboxylic acids is 2. The molecular formula is C18H28N2O3. The Bertz CT molecular complexity index is 527. The zero-order valence-corrected chi connectivity index (χ0v) is 14.9. The highest BCUT2D eigenvalue weighted by atomic mass is 16.6. The van der Waals surface area contributed by atoms with Crippen molar-refractivity contribution in [3.63, 3.8) is 0 Å². The van der Waals surface area contributed by atoms with Crippen molar-refractivity contribution in [2.75, 3.05) is 0 Å². The Balaban J connectivity index is 2.70. The third-order valence-corrected chi connectivity index (χ3v) is 3.10. The Morgan fingerprint density at radius 3 is 2.09 bits per heavy atom. The van der Waals surface area contributed by atoms with Gasteiger partial charge in [0.1, 0.15) is 11.6 Å². The van der Waals surface area contributed by atoms with Crippen molar-refractivity contribution in [3.8, 4) is 0 Å². The number of hydrogen-bond acceptors (Lipinski definition) is 3. The Hall–Kier alpha value is -2.04. The van der Waals surface area contributed by atoms with Gasteiger partial charge >= 0.3 is 6.09 Å². The molecule has 1 rings (SSSR count). The van der Waals surface area contributed by atoms with Gasteiger partial charge in [0.25, 0.3) is 0 Å². The summed E-state index contributed by atoms with van der Waals surface area (Å²) in [6.07, 6.45) is -0.590. The second kappa shape index (κ2) is 7.49. The average molecular weight is 320 g/mol. The van der Waals surface area contributed by atoms with E-state index in [1.54, 1.807) is 20.8 Å². The largest absolute Gasteiger partial charge is 0.444 e. The SMILES string of the molecule is CC(C)(C)OC(=O)NC(C(=O)NCc1ccccc1)C(C)(C)C. The van der Waals surface area contributed by atoms with Crippen LogP contribution in [0.1, 0.15) is 47.1 Å². The molecule has 0 spiro atoms. The molecule has 2 N–H and O–H groups in total. The first-order valence-electron chi connectivity index (χ1n) is 7.80. The number of carbonyl (C=O) groups is 2. The van der Waals surface area contributed by atoms with Gasteiger partial charge in [-0.2, -0.15) is 0 Å². The Morgan fingerprint density at radius 1 is 1.04 bits per heavy atom. The van der Waals surface area contributed by atoms with Crippen LogP contribution in [0.4, 0.5) is 4.79 Å². The van der Waals surface area contributed by atoms with Crippen LogP contribution < -0.4 is 10.6 Å². The van der Waals surface area contributed by atoms with Gasteiger partial charge in [-0.25, -0.2) is 4.79 Å². The van der Waals surface area contributed by atoms with Crippen molar-refractivity contribution < 1.29 is 14.3 Å². The van der Waals surface area contributed by atoms with Gasteiger partial charge < -0.3 is 15.4 Å². The van der Waals surface area contributed by atoms with E-state index in [1.165, 1.54) is 0 Å². The first-order valence-corrected chi connectivity index (χ1v) is 7.80. The molecule has 0 aromatic heterocycles. The van der Waals surface area contributed by atoms with E-state index >= 15 is 0 Å². The van der Waals surface area contributed by atoms with Gasteiger partial charge in [0.15, 0.2) is 0 Å². The smallest absolute Gasteiger partial charge is 0.408 e. The van der Waals surface area contributed by atoms with Crippen molar-refractivity contribution in [2.45, 2.75) is 59.7 Å². The predicted octanol–water partition coefficient (Wildman–Crippen LogP) is 3.24. The predicted molar refractivity (Wildman–Crippen MR) is 90.9 cm³/mol. The van der Waals surface area contributed by atoms with Crippen molar-refractivity contribution in [2.24, 2.45) is 5.41 Å². The lowest BCUT2D eigenvalue weighted by Gasteiger charge is -2.31. The minimum absolute atomic E-state index is 0.229. The fourth-order valence-corrected chi connectivity index (χ4v) is 1.99. The molecule has 2 amide bonds. The third-order valence-electron chi connectivity index (χ3n) is 3.10. The minimum Gasteiger partial charge on any atom is -0.444 e. The maximum absolute atomic E-state index is 12.5. The Labute approximate surface area is 138 Å². The molecule has 1 aromatic rings. The molecule has 5 heteroatoms. The first-order chi connectivity index (χ1) is 10.5. The van der Waals surface area contributed by atoms with Crippen LogP contribution in [0, 0.1) is 5.41 Å². The minimum atomic E-state index is -0.680. The lowest BCUT2D eigenvalue weighted by molar-refractivity contribution is -0.125. The molecule has 0 radical (unpaired) electrons. The van der Waals surface area contributed by atoms with Crippen LogP contribution in [0.2, 0.25) is 0 Å². The van der Waals surface area contributed by atoms with E-state index in [4.69, 9.17) is 4.74 Å². The second-order valence-corrected chi connectivity index (χ2v) is 7.65. The standard InChI is InChI=1S/C18H28N2O3/c1-17(2,3)14(20-16(22)23-18(4,5)6)15(21)19-12-13-10-8-7-9-11-13/h7-11,14H,12H2,1-6H3,(H,19,21)(H,20,22). The summed E-state index contributed by atoms with van der Waals surface area (Å²) in [5.41, 5.74) is -0.0316. The molecule has 1 aromatic carbocycles. The van der Waals surface area contributed by atoms with Gasteiger partial charge in [-0.05, 0) is 31.7 Å². The van der Waals surface area contributed by atoms with Crippen LogP contribution in [0.15, 0.2) is 30.3 Å². The summed E-state index contributed by atoms with van der Waals surface area (Å²) in [5.74, 6) is -0.229. The number of rotatable bonds is 4. The molecule has 0 heterocycles. The Kier molecular flexibility index (Phi) is 6.19. The molecule has 23 heavy (non-hydrogen) atoms. The van der Waals surface area contributed by atoms with Crippen LogP contribution in [0.25, 0.3) is 0 Å². The molecule has 0 saturated carbocycles. The lowest BCUT2D eigenvalue weighted by Crippen LogP contribution is -2.54. The molecule has 128 valence electrons. The van der Waals surface area contributed by atoms with Crippen molar-refractivity contribution in [1.82, 2.24) is 10.6 Å². The van der Waals surface area contributed by atoms with Crippen LogP contribution >= 0.6 is 0 Å². The van der Waals surface area contributed by atoms with E-state index in [1.807, 2.05) is 51.1 Å². The number of benzene rings is 1. The van der Waals surface area contributed by atoms with E-state index in [-0.39, 0.29) is 5.91 Å². The molecule has 0 bridgehead atoms. The van der Waals surface area contributed by atoms with Crippen LogP contribution in [0.5, 0.6) is 0 Å². The maximum Gasteiger partial charge on any atom is 0.408 e. The molecule has 0 saturated heterocycles. The zero-order chi connectivity index (χ0) is 17.7. The van der Waals surface area contributed by atoms with Crippen LogP contribution in [-0.4, -0.2) is 23.6 Å². The number of amides is 2. The molecular weight excluding hydrogens is 292 g/mol. The third kappa shape index (κ3) is 7.17. The van der Waals surface area contributed by atoms with Crippen molar-refractivity contribution in [3.05, 3.63) is 35.9 Å². The van der Waals surface area contributed by atoms with E-state index in [2.05, 4.69) is 10.6 Å². The summed E-state index contributed by atoms with van der Waals surface area (Å²) in [4.78, 5) is 24.5. The summed E-state index contributed by atoms with van der Waals surface area (Å²) in [7, 11) is 0. The number of alkyl carbamates (subject to hydrolysis) is 1. The first kappa shape index (κ1) is 19.0. The molecule has 0 aliphatic rings. The van der Waals surface area contributed by atoms with E-state index in [0.29, 0.717) is 6.54 Å². The summed E-state index contributed by atoms with van der Waals surface area (Å²) < 4.78 is 5.25. The average Bonchev–Trinajstić information content (AvgIpc) is 2.40. The van der Waals surface area contributed by atoms with Crippen molar-refractivity contribution in [1.29, 1.82) is 0 Å². The molecule has 1 atom stereocenters. The summed E-state index contributed by atoms with van der Waals surface area (Å²) >= 11 is 0. The maximum atomic E-state index is 12.5. The van der Waals surface area contributed by atoms with Gasteiger partial charge in [-0.15, -0.1) is 0 Å². The van der Waals surface area contributed by atoms with E-state index in [0.717, 1.165) is 5.56 Å². The Morgan fingerprint density at radius 2 is 1.61 bits per heavy atom. The van der Waals surface area contributed by atoms with E-state index in [9.17, 15) is 9.59 Å². The van der Waals surface area contributed by atoms with Gasteiger partial charge in [0, 0.05) is 6.54 Å². The van der Waals surface area contributed by atoms with Gasteiger partial charge in [-0.3, -0.25) is 4.79 Å². The highest BCUT2D eigenvalue weighted by Gasteiger charge is 2.33. The fraction of sp³-hybridized carbons (Fsp3) is 0.556. The summed E-state index contributed by atoms with van der Waals surface area (Å²) in [6, 6.07) is 8.96. The van der Waals surface area contributed by atoms with Crippen LogP contribution in [0.3, 0.4) is 0 Å². The van der Waals surface area contributed by atoms with Crippen LogP contribution in [-0.2, 0) is 16.1 Å². The normalized spacial score (nSPS) is 13.1. The fourth-order valence-electron chi connectivity index (χ4n) is 1.99. The number of nitrogens with one attached hydrogen (secondary N) is 2. The highest BCUT2D eigenvalue weighted by Crippen LogP contribution is 2.20. The topological polar surface area (TPSA) is 67.4 Å². The summed E-state index contributed by atoms with van der Waals surface area (Å²) in [6.45, 7) is 11.5. The number of ether oxygens (including phenoxy) is 1. The molecule has 0 fully saturated rings. The van der Waals surface area contributed by atoms with Gasteiger partial charge in [-0.1, -0.05) is 51.1 Å². The zero-order valence-electron chi connectivity index (χ0n) is 14.9. The quantitative estimate of drug-likeness (QED) is 0.895. The van der Waals surface area contributed by atoms with Gasteiger partial charge in [0.05, 0.1) is 0 Å². The number of hydrogen-bond donors (Lipinski definition) is 2. The summed E-state index contributed by atoms with van der Waals surface area (Å²) in [5, 5.41) is 5.54. The second-order valence-electron chi connectivity index (χ2n) is 7.65. The molecule has 0 aliphatic heterocycles. The van der Waals surface area contributed by atoms with E-state index < -0.39 is 23.2 Å². The lowest BCUT2D eigenvalue weighted by atomic mass is 9.86. The molecule has 5 nitrogen and oxygen atoms in total. The van der Waals surface area contributed by atoms with Gasteiger partial charge in [0.2, 0.25) is 5.91 Å². The molecule has 0 aliphatic carbocycles.